The van der Waals surface area contributed by atoms with Crippen molar-refractivity contribution in [3.8, 4) is 0 Å². The molecule has 6 nitrogen and oxygen atoms in total. The summed E-state index contributed by atoms with van der Waals surface area (Å²) >= 11 is 16.7. The standard InChI is InChI=1S/C18H22Cl3F3N2O4/c1-29-26(16(28)30-11-17(19,20)21)14-9-12(15(27)18(22,23)24)8-13(10-14)25-6-4-2-3-5-7-25/h8-10,15,27H,2-7,11H2,1H3. The number of nitrogens with zero attached hydrogens (tertiary/aromatic N) is 2. The maximum absolute atomic E-state index is 13.2. The summed E-state index contributed by atoms with van der Waals surface area (Å²) in [5.41, 5.74) is -0.0775. The van der Waals surface area contributed by atoms with Crippen LogP contribution < -0.4 is 9.96 Å². The zero-order valence-electron chi connectivity index (χ0n) is 16.1. The molecule has 0 spiro atoms. The molecule has 1 saturated heterocycles. The molecule has 1 atom stereocenters. The highest BCUT2D eigenvalue weighted by atomic mass is 35.6. The Kier molecular flexibility index (Phi) is 8.76. The minimum absolute atomic E-state index is 0.0631. The summed E-state index contributed by atoms with van der Waals surface area (Å²) in [6, 6.07) is 3.74. The summed E-state index contributed by atoms with van der Waals surface area (Å²) in [4.78, 5) is 19.3. The van der Waals surface area contributed by atoms with E-state index < -0.39 is 34.3 Å². The van der Waals surface area contributed by atoms with E-state index in [1.807, 2.05) is 4.90 Å². The lowest BCUT2D eigenvalue weighted by atomic mass is 10.1. The average molecular weight is 494 g/mol. The van der Waals surface area contributed by atoms with Gasteiger partial charge in [0.2, 0.25) is 3.79 Å². The molecule has 0 radical (unpaired) electrons. The maximum Gasteiger partial charge on any atom is 0.438 e. The van der Waals surface area contributed by atoms with Gasteiger partial charge in [-0.25, -0.2) is 4.79 Å². The lowest BCUT2D eigenvalue weighted by Gasteiger charge is -2.27. The first kappa shape index (κ1) is 25.1. The number of carbonyl (C=O) groups excluding carboxylic acids is 1. The Balaban J connectivity index is 2.42. The maximum atomic E-state index is 13.2. The van der Waals surface area contributed by atoms with Crippen LogP contribution in [0.15, 0.2) is 18.2 Å². The molecule has 170 valence electrons. The van der Waals surface area contributed by atoms with Crippen LogP contribution in [0.2, 0.25) is 0 Å². The number of aliphatic hydroxyl groups excluding tert-OH is 1. The largest absolute Gasteiger partial charge is 0.443 e. The van der Waals surface area contributed by atoms with Crippen LogP contribution >= 0.6 is 34.8 Å². The van der Waals surface area contributed by atoms with E-state index >= 15 is 0 Å². The van der Waals surface area contributed by atoms with Crippen molar-refractivity contribution in [2.45, 2.75) is 41.8 Å². The predicted octanol–water partition coefficient (Wildman–Crippen LogP) is 5.54. The molecule has 1 amide bonds. The first-order valence-electron chi connectivity index (χ1n) is 9.15. The number of carbonyl (C=O) groups is 1. The topological polar surface area (TPSA) is 62.2 Å². The fourth-order valence-corrected chi connectivity index (χ4v) is 3.24. The van der Waals surface area contributed by atoms with E-state index in [1.54, 1.807) is 0 Å². The van der Waals surface area contributed by atoms with Crippen molar-refractivity contribution in [1.82, 2.24) is 0 Å². The lowest BCUT2D eigenvalue weighted by molar-refractivity contribution is -0.206. The highest BCUT2D eigenvalue weighted by molar-refractivity contribution is 6.67. The average Bonchev–Trinajstić information content (AvgIpc) is 2.94. The minimum atomic E-state index is -4.89. The number of ether oxygens (including phenoxy) is 1. The van der Waals surface area contributed by atoms with Gasteiger partial charge in [-0.1, -0.05) is 47.6 Å². The van der Waals surface area contributed by atoms with Crippen LogP contribution in [0.25, 0.3) is 0 Å². The van der Waals surface area contributed by atoms with Gasteiger partial charge in [-0.3, -0.25) is 4.84 Å². The molecule has 1 aliphatic heterocycles. The monoisotopic (exact) mass is 492 g/mol. The second kappa shape index (κ2) is 10.5. The molecule has 0 saturated carbocycles. The fourth-order valence-electron chi connectivity index (χ4n) is 3.08. The normalized spacial score (nSPS) is 16.7. The molecule has 1 aliphatic rings. The molecule has 1 heterocycles. The van der Waals surface area contributed by atoms with Crippen molar-refractivity contribution in [2.24, 2.45) is 0 Å². The van der Waals surface area contributed by atoms with Crippen molar-refractivity contribution >= 4 is 52.3 Å². The molecular weight excluding hydrogens is 472 g/mol. The third kappa shape index (κ3) is 7.23. The Morgan fingerprint density at radius 1 is 1.17 bits per heavy atom. The predicted molar refractivity (Wildman–Crippen MR) is 109 cm³/mol. The van der Waals surface area contributed by atoms with Gasteiger partial charge in [-0.2, -0.15) is 18.2 Å². The van der Waals surface area contributed by atoms with Crippen LogP contribution in [0.3, 0.4) is 0 Å². The summed E-state index contributed by atoms with van der Waals surface area (Å²) in [7, 11) is 1.13. The van der Waals surface area contributed by atoms with Crippen molar-refractivity contribution in [3.63, 3.8) is 0 Å². The molecule has 0 aliphatic carbocycles. The van der Waals surface area contributed by atoms with Gasteiger partial charge in [-0.05, 0) is 36.6 Å². The molecule has 12 heteroatoms. The first-order valence-corrected chi connectivity index (χ1v) is 10.3. The quantitative estimate of drug-likeness (QED) is 0.431. The second-order valence-corrected chi connectivity index (χ2v) is 9.29. The van der Waals surface area contributed by atoms with Crippen molar-refractivity contribution in [3.05, 3.63) is 23.8 Å². The van der Waals surface area contributed by atoms with Crippen LogP contribution in [-0.2, 0) is 9.57 Å². The van der Waals surface area contributed by atoms with Crippen molar-refractivity contribution < 1.29 is 32.6 Å². The van der Waals surface area contributed by atoms with E-state index in [0.717, 1.165) is 38.9 Å². The van der Waals surface area contributed by atoms with E-state index in [0.29, 0.717) is 23.8 Å². The van der Waals surface area contributed by atoms with Crippen LogP contribution in [-0.4, -0.2) is 48.0 Å². The number of rotatable bonds is 5. The lowest BCUT2D eigenvalue weighted by Crippen LogP contribution is -2.33. The van der Waals surface area contributed by atoms with Gasteiger partial charge < -0.3 is 14.7 Å². The summed E-state index contributed by atoms with van der Waals surface area (Å²) in [5.74, 6) is 0. The molecule has 1 fully saturated rings. The van der Waals surface area contributed by atoms with E-state index in [9.17, 15) is 23.1 Å². The van der Waals surface area contributed by atoms with Gasteiger partial charge in [0, 0.05) is 18.8 Å². The second-order valence-electron chi connectivity index (χ2n) is 6.77. The van der Waals surface area contributed by atoms with Crippen LogP contribution in [0, 0.1) is 0 Å². The number of alkyl halides is 6. The minimum Gasteiger partial charge on any atom is -0.443 e. The van der Waals surface area contributed by atoms with E-state index in [2.05, 4.69) is 0 Å². The third-order valence-electron chi connectivity index (χ3n) is 4.46. The number of hydroxylamine groups is 1. The van der Waals surface area contributed by atoms with E-state index in [4.69, 9.17) is 44.4 Å². The van der Waals surface area contributed by atoms with Crippen LogP contribution in [0.5, 0.6) is 0 Å². The highest BCUT2D eigenvalue weighted by Gasteiger charge is 2.40. The highest BCUT2D eigenvalue weighted by Crippen LogP contribution is 2.37. The third-order valence-corrected chi connectivity index (χ3v) is 4.79. The number of amides is 1. The molecule has 1 N–H and O–H groups in total. The van der Waals surface area contributed by atoms with Gasteiger partial charge in [0.1, 0.15) is 6.61 Å². The fraction of sp³-hybridized carbons (Fsp3) is 0.611. The first-order chi connectivity index (χ1) is 13.9. The molecule has 30 heavy (non-hydrogen) atoms. The number of hydrogen-bond donors (Lipinski definition) is 1. The number of aliphatic hydroxyl groups is 1. The Bertz CT molecular complexity index is 724. The van der Waals surface area contributed by atoms with Crippen molar-refractivity contribution in [1.29, 1.82) is 0 Å². The van der Waals surface area contributed by atoms with Crippen LogP contribution in [0.4, 0.5) is 29.3 Å². The SMILES string of the molecule is CON(C(=O)OCC(Cl)(Cl)Cl)c1cc(C(O)C(F)(F)F)cc(N2CCCCCC2)c1. The summed E-state index contributed by atoms with van der Waals surface area (Å²) < 4.78 is 42.4. The number of halogens is 6. The van der Waals surface area contributed by atoms with E-state index in [-0.39, 0.29) is 5.69 Å². The molecule has 1 aromatic carbocycles. The summed E-state index contributed by atoms with van der Waals surface area (Å²) in [5, 5.41) is 10.4. The number of hydrogen-bond acceptors (Lipinski definition) is 5. The molecule has 1 aromatic rings. The van der Waals surface area contributed by atoms with Gasteiger partial charge in [-0.15, -0.1) is 0 Å². The number of anilines is 2. The van der Waals surface area contributed by atoms with Gasteiger partial charge in [0.25, 0.3) is 0 Å². The van der Waals surface area contributed by atoms with Gasteiger partial charge in [0.05, 0.1) is 12.8 Å². The summed E-state index contributed by atoms with van der Waals surface area (Å²) in [6.07, 6.45) is -4.93. The number of benzene rings is 1. The van der Waals surface area contributed by atoms with Gasteiger partial charge >= 0.3 is 12.3 Å². The van der Waals surface area contributed by atoms with Crippen LogP contribution in [0.1, 0.15) is 37.4 Å². The Labute approximate surface area is 187 Å². The molecular formula is C18H22Cl3F3N2O4. The zero-order valence-corrected chi connectivity index (χ0v) is 18.4. The van der Waals surface area contributed by atoms with Gasteiger partial charge in [0.15, 0.2) is 6.10 Å². The Morgan fingerprint density at radius 2 is 1.77 bits per heavy atom. The Morgan fingerprint density at radius 3 is 2.27 bits per heavy atom. The zero-order chi connectivity index (χ0) is 22.5. The molecule has 2 rings (SSSR count). The van der Waals surface area contributed by atoms with Crippen molar-refractivity contribution in [2.75, 3.05) is 36.8 Å². The smallest absolute Gasteiger partial charge is 0.438 e. The molecule has 0 bridgehead atoms. The molecule has 1 unspecified atom stereocenters. The van der Waals surface area contributed by atoms with E-state index in [1.165, 1.54) is 12.1 Å². The summed E-state index contributed by atoms with van der Waals surface area (Å²) in [6.45, 7) is 0.672. The Hall–Kier alpha value is -1.13. The molecule has 0 aromatic heterocycles.